The van der Waals surface area contributed by atoms with Crippen LogP contribution in [-0.2, 0) is 16.1 Å². The van der Waals surface area contributed by atoms with E-state index in [2.05, 4.69) is 4.98 Å². The summed E-state index contributed by atoms with van der Waals surface area (Å²) in [6.07, 6.45) is 3.35. The van der Waals surface area contributed by atoms with E-state index in [9.17, 15) is 9.59 Å². The van der Waals surface area contributed by atoms with E-state index in [1.165, 1.54) is 16.7 Å². The number of amides is 2. The van der Waals surface area contributed by atoms with Crippen molar-refractivity contribution in [1.29, 1.82) is 0 Å². The summed E-state index contributed by atoms with van der Waals surface area (Å²) in [5, 5.41) is 0.213. The van der Waals surface area contributed by atoms with Crippen molar-refractivity contribution in [3.63, 3.8) is 0 Å². The molecule has 0 unspecified atom stereocenters. The van der Waals surface area contributed by atoms with Crippen LogP contribution < -0.4 is 0 Å². The molecule has 0 radical (unpaired) electrons. The molecule has 4 nitrogen and oxygen atoms in total. The number of imide groups is 1. The second kappa shape index (κ2) is 7.23. The number of benzene rings is 1. The van der Waals surface area contributed by atoms with Gasteiger partial charge in [0.15, 0.2) is 0 Å². The van der Waals surface area contributed by atoms with Gasteiger partial charge in [-0.25, -0.2) is 0 Å². The van der Waals surface area contributed by atoms with Crippen molar-refractivity contribution >= 4 is 29.1 Å². The minimum atomic E-state index is -0.235. The Morgan fingerprint density at radius 3 is 2.40 bits per heavy atom. The summed E-state index contributed by atoms with van der Waals surface area (Å²) in [4.78, 5) is 31.8. The van der Waals surface area contributed by atoms with Gasteiger partial charge in [0, 0.05) is 17.6 Å². The molecular weight excluding hydrogens is 332 g/mol. The van der Waals surface area contributed by atoms with Gasteiger partial charge in [0.05, 0.1) is 17.0 Å². The summed E-state index contributed by atoms with van der Waals surface area (Å²) in [5.74, 6) is -0.455. The lowest BCUT2D eigenvalue weighted by atomic mass is 10.0. The topological polar surface area (TPSA) is 50.3 Å². The average molecular weight is 352 g/mol. The molecule has 0 N–H and O–H groups in total. The molecule has 0 atom stereocenters. The molecular formula is C20H20N2O2S. The van der Waals surface area contributed by atoms with Crippen molar-refractivity contribution in [2.75, 3.05) is 0 Å². The van der Waals surface area contributed by atoms with Gasteiger partial charge in [-0.3, -0.25) is 19.5 Å². The fourth-order valence-electron chi connectivity index (χ4n) is 2.69. The Bertz CT molecular complexity index is 827. The Morgan fingerprint density at radius 1 is 1.08 bits per heavy atom. The van der Waals surface area contributed by atoms with Crippen LogP contribution in [0.2, 0.25) is 0 Å². The molecule has 3 rings (SSSR count). The fraction of sp³-hybridized carbons (Fsp3) is 0.250. The molecule has 0 fully saturated rings. The summed E-state index contributed by atoms with van der Waals surface area (Å²) < 4.78 is 0. The zero-order chi connectivity index (χ0) is 18.0. The van der Waals surface area contributed by atoms with E-state index >= 15 is 0 Å². The van der Waals surface area contributed by atoms with Crippen LogP contribution in [0.15, 0.2) is 53.7 Å². The average Bonchev–Trinajstić information content (AvgIpc) is 2.81. The molecule has 0 saturated carbocycles. The van der Waals surface area contributed by atoms with Crippen LogP contribution in [0.4, 0.5) is 0 Å². The van der Waals surface area contributed by atoms with Gasteiger partial charge >= 0.3 is 0 Å². The van der Waals surface area contributed by atoms with Crippen LogP contribution in [0.5, 0.6) is 0 Å². The normalized spacial score (nSPS) is 14.8. The van der Waals surface area contributed by atoms with Crippen molar-refractivity contribution in [3.05, 3.63) is 70.4 Å². The number of aryl methyl sites for hydroxylation is 1. The highest BCUT2D eigenvalue weighted by Gasteiger charge is 2.39. The van der Waals surface area contributed by atoms with E-state index in [1.807, 2.05) is 51.1 Å². The summed E-state index contributed by atoms with van der Waals surface area (Å²) in [6, 6.07) is 11.4. The van der Waals surface area contributed by atoms with Crippen LogP contribution in [0.3, 0.4) is 0 Å². The molecule has 25 heavy (non-hydrogen) atoms. The van der Waals surface area contributed by atoms with E-state index in [1.54, 1.807) is 18.5 Å². The number of hydrogen-bond acceptors (Lipinski definition) is 4. The number of rotatable bonds is 5. The molecule has 0 bridgehead atoms. The second-order valence-electron chi connectivity index (χ2n) is 6.29. The first-order valence-corrected chi connectivity index (χ1v) is 9.08. The van der Waals surface area contributed by atoms with Crippen molar-refractivity contribution in [2.24, 2.45) is 0 Å². The Kier molecular flexibility index (Phi) is 5.04. The van der Waals surface area contributed by atoms with E-state index in [4.69, 9.17) is 0 Å². The summed E-state index contributed by atoms with van der Waals surface area (Å²) in [7, 11) is 0. The molecule has 2 aromatic rings. The lowest BCUT2D eigenvalue weighted by Gasteiger charge is -2.15. The predicted octanol–water partition coefficient (Wildman–Crippen LogP) is 3.81. The molecule has 1 aliphatic heterocycles. The summed E-state index contributed by atoms with van der Waals surface area (Å²) >= 11 is 1.45. The Labute approximate surface area is 152 Å². The van der Waals surface area contributed by atoms with E-state index < -0.39 is 0 Å². The molecule has 128 valence electrons. The van der Waals surface area contributed by atoms with Gasteiger partial charge in [0.25, 0.3) is 11.8 Å². The molecule has 1 aromatic carbocycles. The van der Waals surface area contributed by atoms with Crippen molar-refractivity contribution in [3.8, 4) is 0 Å². The number of carbonyl (C=O) groups is 2. The third kappa shape index (κ3) is 3.66. The standard InChI is InChI=1S/C20H20N2O2S/c1-13(2)25-18-17(16-8-6-14(3)7-9-16)19(23)22(20(18)24)12-15-5-4-10-21-11-15/h4-11,13H,12H2,1-3H3. The molecule has 0 saturated heterocycles. The smallest absolute Gasteiger partial charge is 0.268 e. The summed E-state index contributed by atoms with van der Waals surface area (Å²) in [6.45, 7) is 6.28. The molecule has 5 heteroatoms. The number of aromatic nitrogens is 1. The number of nitrogens with zero attached hydrogens (tertiary/aromatic N) is 2. The van der Waals surface area contributed by atoms with Crippen molar-refractivity contribution < 1.29 is 9.59 Å². The molecule has 0 spiro atoms. The van der Waals surface area contributed by atoms with Gasteiger partial charge in [-0.2, -0.15) is 0 Å². The second-order valence-corrected chi connectivity index (χ2v) is 7.88. The zero-order valence-electron chi connectivity index (χ0n) is 14.5. The Hall–Kier alpha value is -2.40. The van der Waals surface area contributed by atoms with Gasteiger partial charge in [0.1, 0.15) is 0 Å². The van der Waals surface area contributed by atoms with Gasteiger partial charge in [-0.15, -0.1) is 11.8 Å². The molecule has 1 aliphatic rings. The highest BCUT2D eigenvalue weighted by molar-refractivity contribution is 8.04. The third-order valence-electron chi connectivity index (χ3n) is 3.88. The fourth-order valence-corrected chi connectivity index (χ4v) is 3.70. The highest BCUT2D eigenvalue weighted by Crippen LogP contribution is 2.38. The number of pyridine rings is 1. The quantitative estimate of drug-likeness (QED) is 0.768. The zero-order valence-corrected chi connectivity index (χ0v) is 15.3. The summed E-state index contributed by atoms with van der Waals surface area (Å²) in [5.41, 5.74) is 3.25. The van der Waals surface area contributed by atoms with Crippen LogP contribution in [0, 0.1) is 6.92 Å². The van der Waals surface area contributed by atoms with Crippen LogP contribution in [0.25, 0.3) is 5.57 Å². The minimum absolute atomic E-state index is 0.213. The van der Waals surface area contributed by atoms with E-state index in [0.717, 1.165) is 16.7 Å². The first-order chi connectivity index (χ1) is 12.0. The van der Waals surface area contributed by atoms with Crippen LogP contribution >= 0.6 is 11.8 Å². The van der Waals surface area contributed by atoms with Crippen molar-refractivity contribution in [2.45, 2.75) is 32.6 Å². The van der Waals surface area contributed by atoms with Crippen LogP contribution in [0.1, 0.15) is 30.5 Å². The van der Waals surface area contributed by atoms with E-state index in [0.29, 0.717) is 10.5 Å². The highest BCUT2D eigenvalue weighted by atomic mass is 32.2. The molecule has 0 aliphatic carbocycles. The molecule has 2 amide bonds. The molecule has 2 heterocycles. The SMILES string of the molecule is Cc1ccc(C2=C(SC(C)C)C(=O)N(Cc3cccnc3)C2=O)cc1. The van der Waals surface area contributed by atoms with E-state index in [-0.39, 0.29) is 23.6 Å². The van der Waals surface area contributed by atoms with Gasteiger partial charge in [0.2, 0.25) is 0 Å². The minimum Gasteiger partial charge on any atom is -0.269 e. The van der Waals surface area contributed by atoms with Gasteiger partial charge in [-0.05, 0) is 24.1 Å². The Morgan fingerprint density at radius 2 is 1.80 bits per heavy atom. The first-order valence-electron chi connectivity index (χ1n) is 8.20. The predicted molar refractivity (Wildman–Crippen MR) is 101 cm³/mol. The molecule has 1 aromatic heterocycles. The number of carbonyl (C=O) groups excluding carboxylic acids is 2. The lowest BCUT2D eigenvalue weighted by Crippen LogP contribution is -2.31. The van der Waals surface area contributed by atoms with Crippen LogP contribution in [-0.4, -0.2) is 26.9 Å². The maximum absolute atomic E-state index is 13.0. The first kappa shape index (κ1) is 17.4. The maximum atomic E-state index is 13.0. The van der Waals surface area contributed by atoms with Crippen molar-refractivity contribution in [1.82, 2.24) is 9.88 Å². The monoisotopic (exact) mass is 352 g/mol. The largest absolute Gasteiger partial charge is 0.269 e. The number of thioether (sulfide) groups is 1. The maximum Gasteiger partial charge on any atom is 0.268 e. The van der Waals surface area contributed by atoms with Gasteiger partial charge < -0.3 is 0 Å². The number of hydrogen-bond donors (Lipinski definition) is 0. The third-order valence-corrected chi connectivity index (χ3v) is 4.97. The van der Waals surface area contributed by atoms with Gasteiger partial charge in [-0.1, -0.05) is 49.7 Å². The lowest BCUT2D eigenvalue weighted by molar-refractivity contribution is -0.137. The Balaban J connectivity index is 1.99.